The molecule has 1 amide bonds. The molecular weight excluding hydrogens is 302 g/mol. The number of carbonyl (C=O) groups is 2. The standard InChI is InChI=1S/C20H37NO3/c1-4-6-7-8-9-10-11-12-13-14-15-21-16-18(17(3)19(21)22)20(23)24-5-2/h17-18H,4-16H2,1-3H3. The van der Waals surface area contributed by atoms with Crippen LogP contribution in [0.3, 0.4) is 0 Å². The second kappa shape index (κ2) is 12.3. The van der Waals surface area contributed by atoms with E-state index in [1.165, 1.54) is 57.8 Å². The molecule has 4 heteroatoms. The fraction of sp³-hybridized carbons (Fsp3) is 0.900. The van der Waals surface area contributed by atoms with Gasteiger partial charge in [-0.05, 0) is 13.3 Å². The molecule has 0 aromatic carbocycles. The lowest BCUT2D eigenvalue weighted by Gasteiger charge is -2.16. The van der Waals surface area contributed by atoms with E-state index in [0.717, 1.165) is 13.0 Å². The molecule has 2 unspecified atom stereocenters. The summed E-state index contributed by atoms with van der Waals surface area (Å²) < 4.78 is 5.08. The summed E-state index contributed by atoms with van der Waals surface area (Å²) in [5.41, 5.74) is 0. The first-order chi connectivity index (χ1) is 11.6. The van der Waals surface area contributed by atoms with Crippen LogP contribution >= 0.6 is 0 Å². The SMILES string of the molecule is CCCCCCCCCCCCN1CC(C(=O)OCC)C(C)C1=O. The summed E-state index contributed by atoms with van der Waals surface area (Å²) in [6.07, 6.45) is 12.9. The smallest absolute Gasteiger partial charge is 0.311 e. The van der Waals surface area contributed by atoms with Gasteiger partial charge >= 0.3 is 5.97 Å². The van der Waals surface area contributed by atoms with Crippen molar-refractivity contribution >= 4 is 11.9 Å². The summed E-state index contributed by atoms with van der Waals surface area (Å²) >= 11 is 0. The van der Waals surface area contributed by atoms with Crippen molar-refractivity contribution in [2.45, 2.75) is 85.0 Å². The Bertz CT molecular complexity index is 370. The summed E-state index contributed by atoms with van der Waals surface area (Å²) in [6.45, 7) is 7.62. The number of rotatable bonds is 13. The van der Waals surface area contributed by atoms with E-state index in [4.69, 9.17) is 4.74 Å². The normalized spacial score (nSPS) is 20.6. The number of carbonyl (C=O) groups excluding carboxylic acids is 2. The molecule has 4 nitrogen and oxygen atoms in total. The Morgan fingerprint density at radius 2 is 1.54 bits per heavy atom. The van der Waals surface area contributed by atoms with Crippen molar-refractivity contribution < 1.29 is 14.3 Å². The molecule has 0 bridgehead atoms. The Balaban J connectivity index is 2.09. The Hall–Kier alpha value is -1.06. The fourth-order valence-corrected chi connectivity index (χ4v) is 3.47. The molecule has 1 saturated heterocycles. The van der Waals surface area contributed by atoms with Crippen LogP contribution in [0.25, 0.3) is 0 Å². The third kappa shape index (κ3) is 7.23. The largest absolute Gasteiger partial charge is 0.466 e. The van der Waals surface area contributed by atoms with Crippen molar-refractivity contribution in [3.05, 3.63) is 0 Å². The summed E-state index contributed by atoms with van der Waals surface area (Å²) in [6, 6.07) is 0. The van der Waals surface area contributed by atoms with Gasteiger partial charge < -0.3 is 9.64 Å². The van der Waals surface area contributed by atoms with Crippen LogP contribution in [-0.2, 0) is 14.3 Å². The molecule has 0 radical (unpaired) electrons. The molecule has 140 valence electrons. The minimum Gasteiger partial charge on any atom is -0.466 e. The first kappa shape index (κ1) is 21.0. The van der Waals surface area contributed by atoms with E-state index in [1.807, 2.05) is 11.8 Å². The number of likely N-dealkylation sites (tertiary alicyclic amines) is 1. The van der Waals surface area contributed by atoms with E-state index in [-0.39, 0.29) is 23.7 Å². The number of hydrogen-bond acceptors (Lipinski definition) is 3. The van der Waals surface area contributed by atoms with Gasteiger partial charge in [-0.15, -0.1) is 0 Å². The molecule has 0 aliphatic carbocycles. The third-order valence-electron chi connectivity index (χ3n) is 5.09. The summed E-state index contributed by atoms with van der Waals surface area (Å²) in [5.74, 6) is -0.611. The van der Waals surface area contributed by atoms with Crippen LogP contribution in [0.5, 0.6) is 0 Å². The highest BCUT2D eigenvalue weighted by Gasteiger charge is 2.41. The Kier molecular flexibility index (Phi) is 10.8. The van der Waals surface area contributed by atoms with Crippen molar-refractivity contribution in [1.29, 1.82) is 0 Å². The molecule has 0 N–H and O–H groups in total. The maximum absolute atomic E-state index is 12.2. The van der Waals surface area contributed by atoms with Gasteiger partial charge in [0.1, 0.15) is 0 Å². The molecule has 1 aliphatic rings. The van der Waals surface area contributed by atoms with Crippen molar-refractivity contribution in [2.24, 2.45) is 11.8 Å². The first-order valence-electron chi connectivity index (χ1n) is 10.1. The molecule has 0 aromatic rings. The second-order valence-corrected chi connectivity index (χ2v) is 7.11. The van der Waals surface area contributed by atoms with Gasteiger partial charge in [0.05, 0.1) is 18.4 Å². The zero-order valence-electron chi connectivity index (χ0n) is 16.0. The second-order valence-electron chi connectivity index (χ2n) is 7.11. The van der Waals surface area contributed by atoms with Crippen LogP contribution in [0.15, 0.2) is 0 Å². The zero-order chi connectivity index (χ0) is 17.8. The fourth-order valence-electron chi connectivity index (χ4n) is 3.47. The number of amides is 1. The quantitative estimate of drug-likeness (QED) is 0.365. The van der Waals surface area contributed by atoms with Crippen LogP contribution in [-0.4, -0.2) is 36.5 Å². The number of esters is 1. The zero-order valence-corrected chi connectivity index (χ0v) is 16.0. The lowest BCUT2D eigenvalue weighted by molar-refractivity contribution is -0.149. The Morgan fingerprint density at radius 1 is 1.00 bits per heavy atom. The molecule has 2 atom stereocenters. The number of ether oxygens (including phenoxy) is 1. The van der Waals surface area contributed by atoms with Crippen molar-refractivity contribution in [3.8, 4) is 0 Å². The van der Waals surface area contributed by atoms with E-state index in [2.05, 4.69) is 6.92 Å². The maximum Gasteiger partial charge on any atom is 0.311 e. The summed E-state index contributed by atoms with van der Waals surface area (Å²) in [5, 5.41) is 0. The van der Waals surface area contributed by atoms with Gasteiger partial charge in [0, 0.05) is 13.1 Å². The first-order valence-corrected chi connectivity index (χ1v) is 10.1. The van der Waals surface area contributed by atoms with Crippen molar-refractivity contribution in [1.82, 2.24) is 4.90 Å². The lowest BCUT2D eigenvalue weighted by Crippen LogP contribution is -2.28. The molecule has 1 fully saturated rings. The molecule has 24 heavy (non-hydrogen) atoms. The third-order valence-corrected chi connectivity index (χ3v) is 5.09. The van der Waals surface area contributed by atoms with Gasteiger partial charge in [-0.25, -0.2) is 0 Å². The molecule has 0 aromatic heterocycles. The minimum absolute atomic E-state index is 0.115. The number of hydrogen-bond donors (Lipinski definition) is 0. The Labute approximate surface area is 148 Å². The summed E-state index contributed by atoms with van der Waals surface area (Å²) in [7, 11) is 0. The van der Waals surface area contributed by atoms with Gasteiger partial charge in [0.15, 0.2) is 0 Å². The van der Waals surface area contributed by atoms with E-state index < -0.39 is 0 Å². The van der Waals surface area contributed by atoms with E-state index in [0.29, 0.717) is 13.2 Å². The van der Waals surface area contributed by atoms with E-state index >= 15 is 0 Å². The van der Waals surface area contributed by atoms with Gasteiger partial charge in [-0.2, -0.15) is 0 Å². The molecule has 1 heterocycles. The van der Waals surface area contributed by atoms with Gasteiger partial charge in [-0.3, -0.25) is 9.59 Å². The summed E-state index contributed by atoms with van der Waals surface area (Å²) in [4.78, 5) is 26.0. The van der Waals surface area contributed by atoms with Crippen molar-refractivity contribution in [2.75, 3.05) is 19.7 Å². The predicted molar refractivity (Wildman–Crippen MR) is 97.7 cm³/mol. The topological polar surface area (TPSA) is 46.6 Å². The molecule has 0 saturated carbocycles. The van der Waals surface area contributed by atoms with Crippen LogP contribution < -0.4 is 0 Å². The highest BCUT2D eigenvalue weighted by Crippen LogP contribution is 2.26. The minimum atomic E-state index is -0.277. The monoisotopic (exact) mass is 339 g/mol. The van der Waals surface area contributed by atoms with Gasteiger partial charge in [0.25, 0.3) is 0 Å². The molecule has 1 aliphatic heterocycles. The van der Waals surface area contributed by atoms with Crippen LogP contribution in [0, 0.1) is 11.8 Å². The molecule has 1 rings (SSSR count). The molecule has 0 spiro atoms. The van der Waals surface area contributed by atoms with Crippen LogP contribution in [0.4, 0.5) is 0 Å². The van der Waals surface area contributed by atoms with Gasteiger partial charge in [0.2, 0.25) is 5.91 Å². The predicted octanol–water partition coefficient (Wildman–Crippen LogP) is 4.56. The van der Waals surface area contributed by atoms with Crippen LogP contribution in [0.2, 0.25) is 0 Å². The van der Waals surface area contributed by atoms with Crippen LogP contribution in [0.1, 0.15) is 85.0 Å². The highest BCUT2D eigenvalue weighted by molar-refractivity contribution is 5.88. The number of nitrogens with zero attached hydrogens (tertiary/aromatic N) is 1. The Morgan fingerprint density at radius 3 is 2.08 bits per heavy atom. The van der Waals surface area contributed by atoms with E-state index in [1.54, 1.807) is 6.92 Å². The number of unbranched alkanes of at least 4 members (excludes halogenated alkanes) is 9. The highest BCUT2D eigenvalue weighted by atomic mass is 16.5. The average Bonchev–Trinajstić information content (AvgIpc) is 2.85. The van der Waals surface area contributed by atoms with Crippen molar-refractivity contribution in [3.63, 3.8) is 0 Å². The average molecular weight is 340 g/mol. The maximum atomic E-state index is 12.2. The van der Waals surface area contributed by atoms with E-state index in [9.17, 15) is 9.59 Å². The lowest BCUT2D eigenvalue weighted by atomic mass is 9.98. The molecular formula is C20H37NO3. The van der Waals surface area contributed by atoms with Gasteiger partial charge in [-0.1, -0.05) is 71.6 Å².